The maximum atomic E-state index is 5.81. The fraction of sp³-hybridized carbons (Fsp3) is 0.800. The molecule has 19 heavy (non-hydrogen) atoms. The smallest absolute Gasteiger partial charge is 0.0631 e. The molecular weight excluding hydrogens is 236 g/mol. The van der Waals surface area contributed by atoms with E-state index in [4.69, 9.17) is 5.84 Å². The molecule has 4 nitrogen and oxygen atoms in total. The summed E-state index contributed by atoms with van der Waals surface area (Å²) in [6.45, 7) is 2.15. The number of hydrazine groups is 1. The molecule has 0 radical (unpaired) electrons. The standard InChI is InChI=1S/C15H26N4/c1-3-13-9-15(19(2)18-13)14(17-16)8-12-7-10-4-5-11(12)6-10/h9-12,14,17H,3-8,16H2,1-2H3. The summed E-state index contributed by atoms with van der Waals surface area (Å²) in [4.78, 5) is 0. The first-order chi connectivity index (χ1) is 9.21. The highest BCUT2D eigenvalue weighted by Gasteiger charge is 2.40. The topological polar surface area (TPSA) is 55.9 Å². The van der Waals surface area contributed by atoms with Gasteiger partial charge in [0.25, 0.3) is 0 Å². The van der Waals surface area contributed by atoms with Crippen molar-refractivity contribution in [3.8, 4) is 0 Å². The number of hydrogen-bond donors (Lipinski definition) is 2. The van der Waals surface area contributed by atoms with Crippen molar-refractivity contribution in [3.05, 3.63) is 17.5 Å². The lowest BCUT2D eigenvalue weighted by atomic mass is 9.83. The molecule has 2 fully saturated rings. The molecule has 106 valence electrons. The Morgan fingerprint density at radius 3 is 2.84 bits per heavy atom. The Morgan fingerprint density at radius 2 is 2.32 bits per heavy atom. The van der Waals surface area contributed by atoms with Gasteiger partial charge < -0.3 is 0 Å². The van der Waals surface area contributed by atoms with Gasteiger partial charge in [0.2, 0.25) is 0 Å². The number of rotatable bonds is 5. The molecule has 2 aliphatic rings. The lowest BCUT2D eigenvalue weighted by Gasteiger charge is -2.26. The van der Waals surface area contributed by atoms with E-state index in [2.05, 4.69) is 23.5 Å². The minimum Gasteiger partial charge on any atom is -0.271 e. The van der Waals surface area contributed by atoms with Crippen molar-refractivity contribution >= 4 is 0 Å². The molecule has 4 unspecified atom stereocenters. The van der Waals surface area contributed by atoms with Gasteiger partial charge in [0.05, 0.1) is 17.4 Å². The Balaban J connectivity index is 1.71. The number of aromatic nitrogens is 2. The quantitative estimate of drug-likeness (QED) is 0.632. The van der Waals surface area contributed by atoms with Gasteiger partial charge in [-0.25, -0.2) is 0 Å². The molecule has 2 saturated carbocycles. The summed E-state index contributed by atoms with van der Waals surface area (Å²) in [7, 11) is 2.03. The van der Waals surface area contributed by atoms with E-state index in [1.54, 1.807) is 0 Å². The minimum atomic E-state index is 0.252. The SMILES string of the molecule is CCc1cc(C(CC2CC3CCC2C3)NN)n(C)n1. The number of nitrogens with zero attached hydrogens (tertiary/aromatic N) is 2. The van der Waals surface area contributed by atoms with E-state index < -0.39 is 0 Å². The van der Waals surface area contributed by atoms with Crippen molar-refractivity contribution in [1.82, 2.24) is 15.2 Å². The van der Waals surface area contributed by atoms with Crippen LogP contribution in [0.3, 0.4) is 0 Å². The summed E-state index contributed by atoms with van der Waals surface area (Å²) >= 11 is 0. The van der Waals surface area contributed by atoms with E-state index >= 15 is 0 Å². The summed E-state index contributed by atoms with van der Waals surface area (Å²) in [5, 5.41) is 4.54. The Kier molecular flexibility index (Phi) is 3.63. The first kappa shape index (κ1) is 13.1. The molecule has 4 heteroatoms. The third-order valence-corrected chi connectivity index (χ3v) is 5.31. The third kappa shape index (κ3) is 2.43. The Morgan fingerprint density at radius 1 is 1.47 bits per heavy atom. The third-order valence-electron chi connectivity index (χ3n) is 5.31. The minimum absolute atomic E-state index is 0.252. The van der Waals surface area contributed by atoms with Gasteiger partial charge in [0.1, 0.15) is 0 Å². The van der Waals surface area contributed by atoms with Gasteiger partial charge in [-0.1, -0.05) is 13.3 Å². The lowest BCUT2D eigenvalue weighted by Crippen LogP contribution is -2.32. The van der Waals surface area contributed by atoms with Crippen LogP contribution in [0.15, 0.2) is 6.07 Å². The first-order valence-electron chi connectivity index (χ1n) is 7.70. The van der Waals surface area contributed by atoms with Crippen LogP contribution in [0.4, 0.5) is 0 Å². The fourth-order valence-corrected chi connectivity index (χ4v) is 4.28. The lowest BCUT2D eigenvalue weighted by molar-refractivity contribution is 0.275. The number of nitrogens with two attached hydrogens (primary N) is 1. The highest BCUT2D eigenvalue weighted by molar-refractivity contribution is 5.14. The van der Waals surface area contributed by atoms with Gasteiger partial charge in [-0.05, 0) is 55.9 Å². The van der Waals surface area contributed by atoms with Crippen molar-refractivity contribution < 1.29 is 0 Å². The van der Waals surface area contributed by atoms with Crippen LogP contribution < -0.4 is 11.3 Å². The monoisotopic (exact) mass is 262 g/mol. The van der Waals surface area contributed by atoms with Crippen LogP contribution in [0.5, 0.6) is 0 Å². The predicted molar refractivity (Wildman–Crippen MR) is 76.2 cm³/mol. The van der Waals surface area contributed by atoms with Crippen molar-refractivity contribution in [2.45, 2.75) is 51.5 Å². The summed E-state index contributed by atoms with van der Waals surface area (Å²) in [5.74, 6) is 8.63. The van der Waals surface area contributed by atoms with E-state index in [9.17, 15) is 0 Å². The number of hydrogen-bond acceptors (Lipinski definition) is 3. The zero-order chi connectivity index (χ0) is 13.4. The second kappa shape index (κ2) is 5.25. The Labute approximate surface area is 115 Å². The summed E-state index contributed by atoms with van der Waals surface area (Å²) in [6.07, 6.45) is 7.94. The normalized spacial score (nSPS) is 31.0. The molecule has 3 N–H and O–H groups in total. The molecule has 1 heterocycles. The van der Waals surface area contributed by atoms with Gasteiger partial charge in [-0.15, -0.1) is 0 Å². The highest BCUT2D eigenvalue weighted by Crippen LogP contribution is 2.50. The van der Waals surface area contributed by atoms with Gasteiger partial charge >= 0.3 is 0 Å². The first-order valence-corrected chi connectivity index (χ1v) is 7.70. The molecule has 1 aromatic rings. The van der Waals surface area contributed by atoms with Crippen LogP contribution in [0, 0.1) is 17.8 Å². The van der Waals surface area contributed by atoms with Gasteiger partial charge in [-0.2, -0.15) is 5.10 Å². The van der Waals surface area contributed by atoms with Crippen LogP contribution in [0.2, 0.25) is 0 Å². The van der Waals surface area contributed by atoms with E-state index in [1.807, 2.05) is 11.7 Å². The van der Waals surface area contributed by atoms with Crippen LogP contribution in [-0.2, 0) is 13.5 Å². The Bertz CT molecular complexity index is 439. The van der Waals surface area contributed by atoms with Crippen molar-refractivity contribution in [2.24, 2.45) is 30.6 Å². The van der Waals surface area contributed by atoms with E-state index in [1.165, 1.54) is 37.8 Å². The molecule has 0 spiro atoms. The maximum Gasteiger partial charge on any atom is 0.0631 e. The zero-order valence-electron chi connectivity index (χ0n) is 12.1. The largest absolute Gasteiger partial charge is 0.271 e. The zero-order valence-corrected chi connectivity index (χ0v) is 12.1. The molecule has 3 rings (SSSR count). The molecule has 2 bridgehead atoms. The van der Waals surface area contributed by atoms with Gasteiger partial charge in [0.15, 0.2) is 0 Å². The van der Waals surface area contributed by atoms with Crippen LogP contribution in [0.1, 0.15) is 56.5 Å². The molecule has 1 aromatic heterocycles. The molecule has 4 atom stereocenters. The van der Waals surface area contributed by atoms with E-state index in [0.29, 0.717) is 0 Å². The van der Waals surface area contributed by atoms with Gasteiger partial charge in [-0.3, -0.25) is 16.0 Å². The van der Waals surface area contributed by atoms with Gasteiger partial charge in [0, 0.05) is 7.05 Å². The number of fused-ring (bicyclic) bond motifs is 2. The average Bonchev–Trinajstić information content (AvgIpc) is 3.10. The van der Waals surface area contributed by atoms with E-state index in [-0.39, 0.29) is 6.04 Å². The summed E-state index contributed by atoms with van der Waals surface area (Å²) in [5.41, 5.74) is 5.42. The molecule has 0 aliphatic heterocycles. The maximum absolute atomic E-state index is 5.81. The molecule has 0 saturated heterocycles. The van der Waals surface area contributed by atoms with Crippen LogP contribution >= 0.6 is 0 Å². The second-order valence-electron chi connectivity index (χ2n) is 6.43. The molecule has 0 amide bonds. The number of aryl methyl sites for hydroxylation is 2. The van der Waals surface area contributed by atoms with Crippen LogP contribution in [0.25, 0.3) is 0 Å². The highest BCUT2D eigenvalue weighted by atomic mass is 15.3. The summed E-state index contributed by atoms with van der Waals surface area (Å²) in [6, 6.07) is 2.46. The summed E-state index contributed by atoms with van der Waals surface area (Å²) < 4.78 is 2.00. The molecular formula is C15H26N4. The number of nitrogens with one attached hydrogen (secondary N) is 1. The van der Waals surface area contributed by atoms with Crippen molar-refractivity contribution in [1.29, 1.82) is 0 Å². The fourth-order valence-electron chi connectivity index (χ4n) is 4.28. The molecule has 2 aliphatic carbocycles. The molecule has 0 aromatic carbocycles. The van der Waals surface area contributed by atoms with E-state index in [0.717, 1.165) is 29.9 Å². The Hall–Kier alpha value is -0.870. The average molecular weight is 262 g/mol. The second-order valence-corrected chi connectivity index (χ2v) is 6.43. The van der Waals surface area contributed by atoms with Crippen LogP contribution in [-0.4, -0.2) is 9.78 Å². The van der Waals surface area contributed by atoms with Crippen molar-refractivity contribution in [3.63, 3.8) is 0 Å². The predicted octanol–water partition coefficient (Wildman–Crippen LogP) is 2.31. The van der Waals surface area contributed by atoms with Crippen molar-refractivity contribution in [2.75, 3.05) is 0 Å².